The largest absolute Gasteiger partial charge is 0.364 e. The van der Waals surface area contributed by atoms with Gasteiger partial charge in [-0.2, -0.15) is 0 Å². The van der Waals surface area contributed by atoms with E-state index < -0.39 is 0 Å². The Morgan fingerprint density at radius 1 is 1.50 bits per heavy atom. The number of anilines is 1. The molecule has 0 atom stereocenters. The van der Waals surface area contributed by atoms with Crippen LogP contribution in [0.25, 0.3) is 0 Å². The number of nitrogens with one attached hydrogen (secondary N) is 2. The van der Waals surface area contributed by atoms with E-state index in [2.05, 4.69) is 20.5 Å². The van der Waals surface area contributed by atoms with Gasteiger partial charge in [-0.1, -0.05) is 0 Å². The number of hydrogen-bond donors (Lipinski definition) is 2. The SMILES string of the molecule is Cc1ccnc(NCCCN2CCNCC2)c1[N+](=O)[O-]. The zero-order valence-electron chi connectivity index (χ0n) is 11.8. The summed E-state index contributed by atoms with van der Waals surface area (Å²) in [4.78, 5) is 17.1. The van der Waals surface area contributed by atoms with E-state index in [1.165, 1.54) is 0 Å². The Balaban J connectivity index is 1.82. The summed E-state index contributed by atoms with van der Waals surface area (Å²) in [7, 11) is 0. The minimum atomic E-state index is -0.374. The lowest BCUT2D eigenvalue weighted by Crippen LogP contribution is -2.44. The second-order valence-electron chi connectivity index (χ2n) is 4.95. The molecule has 1 aromatic rings. The Morgan fingerprint density at radius 2 is 2.25 bits per heavy atom. The van der Waals surface area contributed by atoms with Gasteiger partial charge in [-0.25, -0.2) is 4.98 Å². The molecule has 0 bridgehead atoms. The quantitative estimate of drug-likeness (QED) is 0.459. The van der Waals surface area contributed by atoms with Crippen LogP contribution in [0.5, 0.6) is 0 Å². The van der Waals surface area contributed by atoms with E-state index in [0.717, 1.165) is 39.1 Å². The van der Waals surface area contributed by atoms with Gasteiger partial charge in [0, 0.05) is 44.5 Å². The maximum Gasteiger partial charge on any atom is 0.314 e. The Hall–Kier alpha value is -1.73. The lowest BCUT2D eigenvalue weighted by molar-refractivity contribution is -0.384. The molecule has 0 spiro atoms. The van der Waals surface area contributed by atoms with Gasteiger partial charge in [0.1, 0.15) is 0 Å². The predicted molar refractivity (Wildman–Crippen MR) is 78.0 cm³/mol. The highest BCUT2D eigenvalue weighted by Gasteiger charge is 2.18. The normalized spacial score (nSPS) is 16.1. The van der Waals surface area contributed by atoms with Crippen molar-refractivity contribution >= 4 is 11.5 Å². The molecule has 1 saturated heterocycles. The second-order valence-corrected chi connectivity index (χ2v) is 4.95. The molecule has 1 aliphatic rings. The van der Waals surface area contributed by atoms with Gasteiger partial charge in [0.2, 0.25) is 5.82 Å². The lowest BCUT2D eigenvalue weighted by Gasteiger charge is -2.27. The van der Waals surface area contributed by atoms with Crippen LogP contribution in [0.2, 0.25) is 0 Å². The van der Waals surface area contributed by atoms with Gasteiger partial charge >= 0.3 is 5.69 Å². The minimum Gasteiger partial charge on any atom is -0.364 e. The molecule has 1 aromatic heterocycles. The molecule has 0 aromatic carbocycles. The van der Waals surface area contributed by atoms with Crippen molar-refractivity contribution in [2.45, 2.75) is 13.3 Å². The Labute approximate surface area is 118 Å². The third-order valence-corrected chi connectivity index (χ3v) is 3.46. The van der Waals surface area contributed by atoms with Gasteiger partial charge < -0.3 is 15.5 Å². The monoisotopic (exact) mass is 279 g/mol. The molecule has 2 N–H and O–H groups in total. The molecule has 1 fully saturated rings. The summed E-state index contributed by atoms with van der Waals surface area (Å²) < 4.78 is 0. The highest BCUT2D eigenvalue weighted by molar-refractivity contribution is 5.59. The van der Waals surface area contributed by atoms with Gasteiger partial charge in [0.05, 0.1) is 4.92 Å². The summed E-state index contributed by atoms with van der Waals surface area (Å²) in [5.74, 6) is 0.371. The van der Waals surface area contributed by atoms with Crippen LogP contribution < -0.4 is 10.6 Å². The molecule has 20 heavy (non-hydrogen) atoms. The molecule has 0 unspecified atom stereocenters. The zero-order chi connectivity index (χ0) is 14.4. The number of rotatable bonds is 6. The number of aromatic nitrogens is 1. The summed E-state index contributed by atoms with van der Waals surface area (Å²) >= 11 is 0. The van der Waals surface area contributed by atoms with Crippen molar-refractivity contribution in [3.05, 3.63) is 27.9 Å². The van der Waals surface area contributed by atoms with E-state index >= 15 is 0 Å². The highest BCUT2D eigenvalue weighted by Crippen LogP contribution is 2.25. The van der Waals surface area contributed by atoms with Gasteiger partial charge in [-0.3, -0.25) is 10.1 Å². The lowest BCUT2D eigenvalue weighted by atomic mass is 10.2. The van der Waals surface area contributed by atoms with E-state index in [-0.39, 0.29) is 10.6 Å². The molecule has 0 amide bonds. The van der Waals surface area contributed by atoms with Crippen LogP contribution in [-0.2, 0) is 0 Å². The third kappa shape index (κ3) is 3.88. The van der Waals surface area contributed by atoms with Crippen LogP contribution >= 0.6 is 0 Å². The van der Waals surface area contributed by atoms with Crippen molar-refractivity contribution in [1.82, 2.24) is 15.2 Å². The Bertz CT molecular complexity index is 460. The first-order chi connectivity index (χ1) is 9.68. The third-order valence-electron chi connectivity index (χ3n) is 3.46. The summed E-state index contributed by atoms with van der Waals surface area (Å²) in [5, 5.41) is 17.4. The van der Waals surface area contributed by atoms with Crippen LogP contribution in [0.4, 0.5) is 11.5 Å². The Kier molecular flexibility index (Phi) is 5.25. The topological polar surface area (TPSA) is 83.3 Å². The highest BCUT2D eigenvalue weighted by atomic mass is 16.6. The number of hydrogen-bond acceptors (Lipinski definition) is 6. The summed E-state index contributed by atoms with van der Waals surface area (Å²) in [6.07, 6.45) is 2.55. The van der Waals surface area contributed by atoms with Crippen LogP contribution in [0.15, 0.2) is 12.3 Å². The molecule has 0 aliphatic carbocycles. The fourth-order valence-electron chi connectivity index (χ4n) is 2.35. The van der Waals surface area contributed by atoms with Gasteiger partial charge in [0.15, 0.2) is 0 Å². The molecule has 1 aliphatic heterocycles. The number of nitro groups is 1. The van der Waals surface area contributed by atoms with Gasteiger partial charge in [-0.15, -0.1) is 0 Å². The van der Waals surface area contributed by atoms with E-state index in [0.29, 0.717) is 17.9 Å². The maximum atomic E-state index is 11.0. The van der Waals surface area contributed by atoms with Crippen molar-refractivity contribution in [1.29, 1.82) is 0 Å². The molecule has 110 valence electrons. The molecular weight excluding hydrogens is 258 g/mol. The fourth-order valence-corrected chi connectivity index (χ4v) is 2.35. The van der Waals surface area contributed by atoms with Crippen LogP contribution in [0.1, 0.15) is 12.0 Å². The molecule has 7 nitrogen and oxygen atoms in total. The predicted octanol–water partition coefficient (Wildman–Crippen LogP) is 1.01. The van der Waals surface area contributed by atoms with Gasteiger partial charge in [-0.05, 0) is 26.0 Å². The first-order valence-corrected chi connectivity index (χ1v) is 6.95. The van der Waals surface area contributed by atoms with Crippen molar-refractivity contribution in [2.75, 3.05) is 44.6 Å². The van der Waals surface area contributed by atoms with E-state index in [9.17, 15) is 10.1 Å². The molecule has 2 rings (SSSR count). The molecular formula is C13H21N5O2. The smallest absolute Gasteiger partial charge is 0.314 e. The first kappa shape index (κ1) is 14.7. The summed E-state index contributed by atoms with van der Waals surface area (Å²) in [6.45, 7) is 7.66. The van der Waals surface area contributed by atoms with E-state index in [4.69, 9.17) is 0 Å². The van der Waals surface area contributed by atoms with Crippen LogP contribution in [0.3, 0.4) is 0 Å². The zero-order valence-corrected chi connectivity index (χ0v) is 11.8. The molecule has 2 heterocycles. The van der Waals surface area contributed by atoms with Crippen LogP contribution in [0, 0.1) is 17.0 Å². The first-order valence-electron chi connectivity index (χ1n) is 6.95. The molecule has 0 saturated carbocycles. The fraction of sp³-hybridized carbons (Fsp3) is 0.615. The van der Waals surface area contributed by atoms with Crippen molar-refractivity contribution < 1.29 is 4.92 Å². The standard InChI is InChI=1S/C13H21N5O2/c1-11-3-5-16-13(12(11)18(19)20)15-4-2-8-17-9-6-14-7-10-17/h3,5,14H,2,4,6-10H2,1H3,(H,15,16). The number of nitrogens with zero attached hydrogens (tertiary/aromatic N) is 3. The number of pyridine rings is 1. The Morgan fingerprint density at radius 3 is 2.95 bits per heavy atom. The summed E-state index contributed by atoms with van der Waals surface area (Å²) in [5.41, 5.74) is 0.712. The van der Waals surface area contributed by atoms with Gasteiger partial charge in [0.25, 0.3) is 0 Å². The minimum absolute atomic E-state index is 0.0784. The van der Waals surface area contributed by atoms with Crippen molar-refractivity contribution in [3.8, 4) is 0 Å². The van der Waals surface area contributed by atoms with Crippen molar-refractivity contribution in [2.24, 2.45) is 0 Å². The number of piperazine rings is 1. The maximum absolute atomic E-state index is 11.0. The van der Waals surface area contributed by atoms with E-state index in [1.54, 1.807) is 19.2 Å². The van der Waals surface area contributed by atoms with Crippen LogP contribution in [-0.4, -0.2) is 54.1 Å². The average molecular weight is 279 g/mol. The molecule has 7 heteroatoms. The van der Waals surface area contributed by atoms with E-state index in [1.807, 2.05) is 0 Å². The number of aryl methyl sites for hydroxylation is 1. The summed E-state index contributed by atoms with van der Waals surface area (Å²) in [6, 6.07) is 1.66. The van der Waals surface area contributed by atoms with Crippen molar-refractivity contribution in [3.63, 3.8) is 0 Å². The second kappa shape index (κ2) is 7.16. The average Bonchev–Trinajstić information content (AvgIpc) is 2.44. The molecule has 0 radical (unpaired) electrons.